The van der Waals surface area contributed by atoms with Crippen LogP contribution in [0.4, 0.5) is 17.1 Å². The van der Waals surface area contributed by atoms with Crippen molar-refractivity contribution in [2.75, 3.05) is 4.90 Å². The van der Waals surface area contributed by atoms with Gasteiger partial charge < -0.3 is 4.90 Å². The van der Waals surface area contributed by atoms with Gasteiger partial charge in [-0.3, -0.25) is 0 Å². The third-order valence-corrected chi connectivity index (χ3v) is 14.3. The molecular weight excluding hydrogens is 691 g/mol. The summed E-state index contributed by atoms with van der Waals surface area (Å²) in [4.78, 5) is 2.47. The zero-order chi connectivity index (χ0) is 35.7. The van der Waals surface area contributed by atoms with Crippen molar-refractivity contribution in [2.45, 2.75) is 19.3 Å². The highest BCUT2D eigenvalue weighted by atomic mass is 32.1. The Morgan fingerprint density at radius 2 is 0.852 bits per heavy atom. The van der Waals surface area contributed by atoms with Crippen molar-refractivity contribution in [1.82, 2.24) is 0 Å². The van der Waals surface area contributed by atoms with Gasteiger partial charge in [0.2, 0.25) is 0 Å². The molecule has 0 aliphatic heterocycles. The Bertz CT molecular complexity index is 3340. The first-order valence-electron chi connectivity index (χ1n) is 18.7. The minimum atomic E-state index is -0.0567. The van der Waals surface area contributed by atoms with E-state index in [-0.39, 0.29) is 5.41 Å². The molecule has 2 heterocycles. The fourth-order valence-electron chi connectivity index (χ4n) is 9.55. The third kappa shape index (κ3) is 4.14. The average Bonchev–Trinajstić information content (AvgIpc) is 3.85. The molecule has 0 atom stereocenters. The van der Waals surface area contributed by atoms with Gasteiger partial charge in [0.15, 0.2) is 0 Å². The second-order valence-electron chi connectivity index (χ2n) is 15.3. The zero-order valence-electron chi connectivity index (χ0n) is 29.9. The van der Waals surface area contributed by atoms with E-state index in [2.05, 4.69) is 183 Å². The van der Waals surface area contributed by atoms with Crippen LogP contribution in [0, 0.1) is 0 Å². The fourth-order valence-corrected chi connectivity index (χ4v) is 12.1. The standard InChI is InChI=1S/C51H33NS2/c1-51(2)45-17-9-7-15-38(45)42-25-26-43-41-24-21-32(29-48(41)54-50(43)49(42)51)52(31-20-23-40-39-16-8-10-18-46(39)53-47(40)28-31)30-19-22-37-35-13-4-3-11-33(35)34-12-5-6-14-36(34)44(37)27-30/h3-29H,1-2H3. The second-order valence-corrected chi connectivity index (χ2v) is 17.4. The van der Waals surface area contributed by atoms with Crippen molar-refractivity contribution in [3.05, 3.63) is 175 Å². The number of hydrogen-bond acceptors (Lipinski definition) is 3. The molecule has 0 saturated carbocycles. The molecule has 0 fully saturated rings. The number of thiophene rings is 2. The molecule has 0 amide bonds. The van der Waals surface area contributed by atoms with E-state index < -0.39 is 0 Å². The summed E-state index contributed by atoms with van der Waals surface area (Å²) in [6, 6.07) is 61.4. The summed E-state index contributed by atoms with van der Waals surface area (Å²) in [6.45, 7) is 4.79. The maximum absolute atomic E-state index is 2.47. The molecule has 0 saturated heterocycles. The maximum atomic E-state index is 2.47. The van der Waals surface area contributed by atoms with Crippen LogP contribution < -0.4 is 4.90 Å². The SMILES string of the molecule is CC1(C)c2ccccc2-c2ccc3c(sc4cc(N(c5ccc6c(c5)sc5ccccc56)c5ccc6c7ccccc7c7ccccc7c6c5)ccc43)c21. The molecule has 1 nitrogen and oxygen atoms in total. The lowest BCUT2D eigenvalue weighted by Gasteiger charge is -2.26. The normalized spacial score (nSPS) is 13.5. The number of fused-ring (bicyclic) bond motifs is 16. The summed E-state index contributed by atoms with van der Waals surface area (Å²) in [6.07, 6.45) is 0. The smallest absolute Gasteiger partial charge is 0.0476 e. The first-order valence-corrected chi connectivity index (χ1v) is 20.3. The monoisotopic (exact) mass is 723 g/mol. The van der Waals surface area contributed by atoms with Crippen molar-refractivity contribution in [3.8, 4) is 11.1 Å². The van der Waals surface area contributed by atoms with Gasteiger partial charge in [-0.15, -0.1) is 22.7 Å². The van der Waals surface area contributed by atoms with Crippen LogP contribution in [-0.4, -0.2) is 0 Å². The Kier molecular flexibility index (Phi) is 6.22. The van der Waals surface area contributed by atoms with E-state index in [1.807, 2.05) is 22.7 Å². The lowest BCUT2D eigenvalue weighted by molar-refractivity contribution is 0.667. The maximum Gasteiger partial charge on any atom is 0.0476 e. The summed E-state index contributed by atoms with van der Waals surface area (Å²) in [5.41, 5.74) is 9.06. The van der Waals surface area contributed by atoms with E-state index in [4.69, 9.17) is 0 Å². The Hall–Kier alpha value is -6.00. The molecule has 0 radical (unpaired) electrons. The molecule has 0 spiro atoms. The van der Waals surface area contributed by atoms with Crippen LogP contribution in [0.25, 0.3) is 83.8 Å². The van der Waals surface area contributed by atoms with Crippen LogP contribution in [0.15, 0.2) is 164 Å². The highest BCUT2D eigenvalue weighted by Gasteiger charge is 2.37. The van der Waals surface area contributed by atoms with Crippen molar-refractivity contribution < 1.29 is 0 Å². The van der Waals surface area contributed by atoms with Gasteiger partial charge in [0, 0.05) is 62.8 Å². The molecule has 3 heteroatoms. The van der Waals surface area contributed by atoms with E-state index in [0.29, 0.717) is 0 Å². The minimum Gasteiger partial charge on any atom is -0.310 e. The van der Waals surface area contributed by atoms with Gasteiger partial charge in [-0.2, -0.15) is 0 Å². The molecule has 1 aliphatic carbocycles. The molecule has 0 unspecified atom stereocenters. The van der Waals surface area contributed by atoms with Gasteiger partial charge >= 0.3 is 0 Å². The van der Waals surface area contributed by atoms with E-state index in [0.717, 1.165) is 17.1 Å². The van der Waals surface area contributed by atoms with Gasteiger partial charge in [-0.05, 0) is 97.0 Å². The van der Waals surface area contributed by atoms with E-state index >= 15 is 0 Å². The largest absolute Gasteiger partial charge is 0.310 e. The van der Waals surface area contributed by atoms with Crippen molar-refractivity contribution in [1.29, 1.82) is 0 Å². The van der Waals surface area contributed by atoms with Crippen LogP contribution >= 0.6 is 22.7 Å². The van der Waals surface area contributed by atoms with Crippen LogP contribution in [0.5, 0.6) is 0 Å². The molecule has 9 aromatic carbocycles. The van der Waals surface area contributed by atoms with Gasteiger partial charge in [-0.25, -0.2) is 0 Å². The predicted molar refractivity (Wildman–Crippen MR) is 237 cm³/mol. The molecule has 2 aromatic heterocycles. The first-order chi connectivity index (χ1) is 26.5. The van der Waals surface area contributed by atoms with E-state index in [1.54, 1.807) is 0 Å². The van der Waals surface area contributed by atoms with Gasteiger partial charge in [-0.1, -0.05) is 135 Å². The zero-order valence-corrected chi connectivity index (χ0v) is 31.5. The lowest BCUT2D eigenvalue weighted by atomic mass is 9.82. The summed E-state index contributed by atoms with van der Waals surface area (Å²) in [7, 11) is 0. The molecule has 54 heavy (non-hydrogen) atoms. The highest BCUT2D eigenvalue weighted by Crippen LogP contribution is 2.54. The van der Waals surface area contributed by atoms with Gasteiger partial charge in [0.05, 0.1) is 0 Å². The number of benzene rings is 9. The van der Waals surface area contributed by atoms with E-state index in [1.165, 1.54) is 94.9 Å². The number of nitrogens with zero attached hydrogens (tertiary/aromatic N) is 1. The fraction of sp³-hybridized carbons (Fsp3) is 0.0588. The summed E-state index contributed by atoms with van der Waals surface area (Å²) in [5, 5.41) is 13.0. The van der Waals surface area contributed by atoms with Crippen LogP contribution in [0.2, 0.25) is 0 Å². The number of hydrogen-bond donors (Lipinski definition) is 0. The number of anilines is 3. The first kappa shape index (κ1) is 30.5. The van der Waals surface area contributed by atoms with Crippen LogP contribution in [-0.2, 0) is 5.41 Å². The van der Waals surface area contributed by atoms with Gasteiger partial charge in [0.25, 0.3) is 0 Å². The Balaban J connectivity index is 1.11. The highest BCUT2D eigenvalue weighted by molar-refractivity contribution is 7.26. The topological polar surface area (TPSA) is 3.24 Å². The quantitative estimate of drug-likeness (QED) is 0.164. The molecule has 12 rings (SSSR count). The van der Waals surface area contributed by atoms with Crippen molar-refractivity contribution in [3.63, 3.8) is 0 Å². The van der Waals surface area contributed by atoms with E-state index in [9.17, 15) is 0 Å². The van der Waals surface area contributed by atoms with Gasteiger partial charge in [0.1, 0.15) is 0 Å². The van der Waals surface area contributed by atoms with Crippen molar-refractivity contribution >= 4 is 112 Å². The average molecular weight is 724 g/mol. The molecule has 254 valence electrons. The summed E-state index contributed by atoms with van der Waals surface area (Å²) >= 11 is 3.82. The Morgan fingerprint density at radius 1 is 0.370 bits per heavy atom. The number of rotatable bonds is 3. The molecule has 11 aromatic rings. The third-order valence-electron chi connectivity index (χ3n) is 12.0. The van der Waals surface area contributed by atoms with Crippen LogP contribution in [0.3, 0.4) is 0 Å². The van der Waals surface area contributed by atoms with Crippen molar-refractivity contribution in [2.24, 2.45) is 0 Å². The predicted octanol–water partition coefficient (Wildman–Crippen LogP) is 15.7. The molecule has 0 N–H and O–H groups in total. The molecular formula is C51H33NS2. The minimum absolute atomic E-state index is 0.0567. The summed E-state index contributed by atoms with van der Waals surface area (Å²) < 4.78 is 5.34. The molecule has 1 aliphatic rings. The molecule has 0 bridgehead atoms. The lowest BCUT2D eigenvalue weighted by Crippen LogP contribution is -2.14. The second kappa shape index (κ2) is 11.0. The van der Waals surface area contributed by atoms with Crippen LogP contribution in [0.1, 0.15) is 25.0 Å². The Morgan fingerprint density at radius 3 is 1.56 bits per heavy atom. The Labute approximate surface area is 321 Å². The summed E-state index contributed by atoms with van der Waals surface area (Å²) in [5.74, 6) is 0.